The molecule has 3 nitrogen and oxygen atoms in total. The van der Waals surface area contributed by atoms with Gasteiger partial charge in [-0.25, -0.2) is 0 Å². The zero-order valence-corrected chi connectivity index (χ0v) is 18.7. The fourth-order valence-corrected chi connectivity index (χ4v) is 3.58. The number of nitrogens with zero attached hydrogens (tertiary/aromatic N) is 1. The van der Waals surface area contributed by atoms with Crippen LogP contribution >= 0.6 is 34.2 Å². The lowest BCUT2D eigenvalue weighted by molar-refractivity contribution is 0.267. The highest BCUT2D eigenvalue weighted by Gasteiger charge is 2.13. The van der Waals surface area contributed by atoms with Gasteiger partial charge in [0, 0.05) is 16.8 Å². The van der Waals surface area contributed by atoms with Crippen LogP contribution in [0.1, 0.15) is 23.6 Å². The monoisotopic (exact) mass is 505 g/mol. The van der Waals surface area contributed by atoms with E-state index in [1.54, 1.807) is 0 Å². The first-order valence-corrected chi connectivity index (χ1v) is 10.5. The lowest BCUT2D eigenvalue weighted by Gasteiger charge is -2.15. The molecule has 0 aliphatic heterocycles. The lowest BCUT2D eigenvalue weighted by atomic mass is 10.2. The maximum absolute atomic E-state index is 6.24. The van der Waals surface area contributed by atoms with Crippen LogP contribution in [0.15, 0.2) is 65.7 Å². The summed E-state index contributed by atoms with van der Waals surface area (Å²) >= 11 is 8.50. The minimum absolute atomic E-state index is 0.381. The van der Waals surface area contributed by atoms with Gasteiger partial charge in [0.2, 0.25) is 0 Å². The molecule has 0 atom stereocenters. The van der Waals surface area contributed by atoms with Gasteiger partial charge in [0.25, 0.3) is 0 Å². The second-order valence-corrected chi connectivity index (χ2v) is 7.81. The Morgan fingerprint density at radius 1 is 1.04 bits per heavy atom. The van der Waals surface area contributed by atoms with E-state index in [9.17, 15) is 0 Å². The first-order chi connectivity index (χ1) is 13.6. The molecule has 0 aliphatic rings. The Kier molecular flexibility index (Phi) is 7.34. The first kappa shape index (κ1) is 20.7. The van der Waals surface area contributed by atoms with Crippen LogP contribution in [0.4, 0.5) is 5.69 Å². The molecule has 0 radical (unpaired) electrons. The minimum Gasteiger partial charge on any atom is -0.490 e. The molecule has 0 heterocycles. The van der Waals surface area contributed by atoms with Crippen molar-refractivity contribution in [1.29, 1.82) is 0 Å². The summed E-state index contributed by atoms with van der Waals surface area (Å²) in [5.41, 5.74) is 4.02. The second kappa shape index (κ2) is 9.94. The molecule has 5 heteroatoms. The van der Waals surface area contributed by atoms with Crippen LogP contribution < -0.4 is 9.47 Å². The van der Waals surface area contributed by atoms with E-state index in [0.29, 0.717) is 24.0 Å². The Morgan fingerprint density at radius 3 is 2.50 bits per heavy atom. The van der Waals surface area contributed by atoms with E-state index in [1.807, 2.05) is 73.8 Å². The summed E-state index contributed by atoms with van der Waals surface area (Å²) in [6.45, 7) is 4.95. The smallest absolute Gasteiger partial charge is 0.175 e. The van der Waals surface area contributed by atoms with Gasteiger partial charge in [-0.1, -0.05) is 47.5 Å². The quantitative estimate of drug-likeness (QED) is 0.256. The third-order valence-electron chi connectivity index (χ3n) is 4.06. The van der Waals surface area contributed by atoms with Gasteiger partial charge in [0.1, 0.15) is 6.61 Å². The van der Waals surface area contributed by atoms with Crippen molar-refractivity contribution in [3.8, 4) is 11.5 Å². The van der Waals surface area contributed by atoms with Gasteiger partial charge in [0.15, 0.2) is 11.5 Å². The van der Waals surface area contributed by atoms with Gasteiger partial charge in [-0.3, -0.25) is 4.99 Å². The number of halogens is 2. The molecule has 144 valence electrons. The van der Waals surface area contributed by atoms with Crippen molar-refractivity contribution >= 4 is 46.1 Å². The fourth-order valence-electron chi connectivity index (χ4n) is 2.61. The molecule has 0 bridgehead atoms. The van der Waals surface area contributed by atoms with E-state index in [-0.39, 0.29) is 0 Å². The molecule has 0 saturated carbocycles. The Labute approximate surface area is 184 Å². The number of hydrogen-bond donors (Lipinski definition) is 0. The van der Waals surface area contributed by atoms with Crippen LogP contribution in [-0.4, -0.2) is 12.8 Å². The van der Waals surface area contributed by atoms with Crippen molar-refractivity contribution in [1.82, 2.24) is 0 Å². The fraction of sp³-hybridized carbons (Fsp3) is 0.174. The van der Waals surface area contributed by atoms with E-state index in [4.69, 9.17) is 21.1 Å². The molecule has 0 fully saturated rings. The van der Waals surface area contributed by atoms with E-state index >= 15 is 0 Å². The van der Waals surface area contributed by atoms with Crippen LogP contribution in [0.25, 0.3) is 0 Å². The highest BCUT2D eigenvalue weighted by molar-refractivity contribution is 14.1. The molecule has 28 heavy (non-hydrogen) atoms. The van der Waals surface area contributed by atoms with Crippen LogP contribution in [0.3, 0.4) is 0 Å². The molecule has 3 rings (SSSR count). The summed E-state index contributed by atoms with van der Waals surface area (Å²) in [6.07, 6.45) is 1.84. The maximum atomic E-state index is 6.24. The van der Waals surface area contributed by atoms with Crippen molar-refractivity contribution in [3.63, 3.8) is 0 Å². The topological polar surface area (TPSA) is 30.8 Å². The Balaban J connectivity index is 1.83. The number of rotatable bonds is 7. The van der Waals surface area contributed by atoms with E-state index < -0.39 is 0 Å². The van der Waals surface area contributed by atoms with E-state index in [0.717, 1.165) is 26.1 Å². The van der Waals surface area contributed by atoms with Gasteiger partial charge < -0.3 is 9.47 Å². The van der Waals surface area contributed by atoms with Crippen LogP contribution in [0, 0.1) is 10.5 Å². The standard InChI is InChI=1S/C23H21ClINO2/c1-3-27-22-13-17(14-26-19-10-8-16(2)9-11-19)12-21(25)23(22)28-15-18-6-4-5-7-20(18)24/h4-14H,3,15H2,1-2H3. The van der Waals surface area contributed by atoms with Crippen LogP contribution in [0.5, 0.6) is 11.5 Å². The zero-order chi connectivity index (χ0) is 19.9. The normalized spacial score (nSPS) is 11.0. The maximum Gasteiger partial charge on any atom is 0.175 e. The first-order valence-electron chi connectivity index (χ1n) is 9.00. The molecule has 0 N–H and O–H groups in total. The average Bonchev–Trinajstić information content (AvgIpc) is 2.68. The summed E-state index contributed by atoms with van der Waals surface area (Å²) in [5, 5.41) is 0.692. The van der Waals surface area contributed by atoms with Gasteiger partial charge in [-0.15, -0.1) is 0 Å². The molecule has 3 aromatic rings. The van der Waals surface area contributed by atoms with Crippen LogP contribution in [0.2, 0.25) is 5.02 Å². The number of aliphatic imine (C=N–C) groups is 1. The van der Waals surface area contributed by atoms with Crippen molar-refractivity contribution < 1.29 is 9.47 Å². The second-order valence-electron chi connectivity index (χ2n) is 6.24. The summed E-state index contributed by atoms with van der Waals surface area (Å²) in [5.74, 6) is 1.42. The molecule has 3 aromatic carbocycles. The van der Waals surface area contributed by atoms with E-state index in [1.165, 1.54) is 5.56 Å². The summed E-state index contributed by atoms with van der Waals surface area (Å²) in [6, 6.07) is 19.8. The predicted octanol–water partition coefficient (Wildman–Crippen LogP) is 6.98. The Bertz CT molecular complexity index is 971. The third kappa shape index (κ3) is 5.49. The number of hydrogen-bond acceptors (Lipinski definition) is 3. The lowest BCUT2D eigenvalue weighted by Crippen LogP contribution is -2.03. The van der Waals surface area contributed by atoms with Gasteiger partial charge in [0.05, 0.1) is 15.9 Å². The largest absolute Gasteiger partial charge is 0.490 e. The number of benzene rings is 3. The molecular formula is C23H21ClINO2. The molecule has 0 unspecified atom stereocenters. The van der Waals surface area contributed by atoms with Crippen LogP contribution in [-0.2, 0) is 6.61 Å². The number of ether oxygens (including phenoxy) is 2. The summed E-state index contributed by atoms with van der Waals surface area (Å²) in [4.78, 5) is 4.55. The van der Waals surface area contributed by atoms with Crippen molar-refractivity contribution in [2.45, 2.75) is 20.5 Å². The van der Waals surface area contributed by atoms with Crippen molar-refractivity contribution in [2.75, 3.05) is 6.61 Å². The van der Waals surface area contributed by atoms with Crippen molar-refractivity contribution in [3.05, 3.63) is 85.9 Å². The van der Waals surface area contributed by atoms with Gasteiger partial charge in [-0.05, 0) is 72.3 Å². The van der Waals surface area contributed by atoms with Crippen molar-refractivity contribution in [2.24, 2.45) is 4.99 Å². The molecule has 0 spiro atoms. The zero-order valence-electron chi connectivity index (χ0n) is 15.8. The molecule has 0 saturated heterocycles. The molecule has 0 aromatic heterocycles. The average molecular weight is 506 g/mol. The number of aryl methyl sites for hydroxylation is 1. The Morgan fingerprint density at radius 2 is 1.79 bits per heavy atom. The predicted molar refractivity (Wildman–Crippen MR) is 125 cm³/mol. The highest BCUT2D eigenvalue weighted by Crippen LogP contribution is 2.35. The molecular weight excluding hydrogens is 485 g/mol. The van der Waals surface area contributed by atoms with Gasteiger partial charge in [-0.2, -0.15) is 0 Å². The third-order valence-corrected chi connectivity index (χ3v) is 5.23. The van der Waals surface area contributed by atoms with Gasteiger partial charge >= 0.3 is 0 Å². The SMILES string of the molecule is CCOc1cc(C=Nc2ccc(C)cc2)cc(I)c1OCc1ccccc1Cl. The molecule has 0 amide bonds. The summed E-state index contributed by atoms with van der Waals surface area (Å²) in [7, 11) is 0. The highest BCUT2D eigenvalue weighted by atomic mass is 127. The summed E-state index contributed by atoms with van der Waals surface area (Å²) < 4.78 is 12.8. The van der Waals surface area contributed by atoms with E-state index in [2.05, 4.69) is 34.5 Å². The molecule has 0 aliphatic carbocycles. The minimum atomic E-state index is 0.381. The Hall–Kier alpha value is -2.05.